The minimum Gasteiger partial charge on any atom is -0.457 e. The van der Waals surface area contributed by atoms with E-state index in [2.05, 4.69) is 5.32 Å². The molecule has 1 amide bonds. The number of aryl methyl sites for hydroxylation is 1. The van der Waals surface area contributed by atoms with Crippen LogP contribution in [0.3, 0.4) is 0 Å². The van der Waals surface area contributed by atoms with Gasteiger partial charge in [-0.25, -0.2) is 13.6 Å². The third-order valence-electron chi connectivity index (χ3n) is 4.23. The van der Waals surface area contributed by atoms with E-state index in [1.54, 1.807) is 24.3 Å². The van der Waals surface area contributed by atoms with Crippen LogP contribution in [0.1, 0.15) is 21.5 Å². The standard InChI is InChI=1S/C21H17F3N2O4S/c1-13-8-10-15(11-9-13)30-18-7-3-6-17(21(22,23)24)19(18)20(27)26-14-4-2-5-16(12-14)31(25,28)29/h2-12H,1H3,(H,26,27)(H2,25,28,29). The number of hydrogen-bond donors (Lipinski definition) is 2. The molecule has 3 aromatic carbocycles. The number of hydrogen-bond acceptors (Lipinski definition) is 4. The Balaban J connectivity index is 2.03. The minimum atomic E-state index is -4.83. The number of rotatable bonds is 5. The number of amides is 1. The number of ether oxygens (including phenoxy) is 1. The molecule has 0 bridgehead atoms. The Kier molecular flexibility index (Phi) is 6.05. The fourth-order valence-corrected chi connectivity index (χ4v) is 3.32. The number of carbonyl (C=O) groups is 1. The van der Waals surface area contributed by atoms with Crippen molar-refractivity contribution in [2.75, 3.05) is 5.32 Å². The summed E-state index contributed by atoms with van der Waals surface area (Å²) in [5, 5.41) is 7.34. The predicted molar refractivity (Wildman–Crippen MR) is 108 cm³/mol. The van der Waals surface area contributed by atoms with Gasteiger partial charge in [-0.1, -0.05) is 29.8 Å². The fourth-order valence-electron chi connectivity index (χ4n) is 2.76. The molecule has 0 saturated carbocycles. The molecule has 3 N–H and O–H groups in total. The highest BCUT2D eigenvalue weighted by atomic mass is 32.2. The predicted octanol–water partition coefficient (Wildman–Crippen LogP) is 4.71. The van der Waals surface area contributed by atoms with Gasteiger partial charge in [0.2, 0.25) is 10.0 Å². The van der Waals surface area contributed by atoms with Crippen LogP contribution in [0.4, 0.5) is 18.9 Å². The summed E-state index contributed by atoms with van der Waals surface area (Å²) in [7, 11) is -4.07. The summed E-state index contributed by atoms with van der Waals surface area (Å²) in [6.45, 7) is 1.84. The third-order valence-corrected chi connectivity index (χ3v) is 5.14. The summed E-state index contributed by atoms with van der Waals surface area (Å²) in [4.78, 5) is 12.5. The average molecular weight is 450 g/mol. The largest absolute Gasteiger partial charge is 0.457 e. The molecule has 0 aliphatic rings. The van der Waals surface area contributed by atoms with Crippen molar-refractivity contribution in [3.8, 4) is 11.5 Å². The van der Waals surface area contributed by atoms with Crippen molar-refractivity contribution in [1.82, 2.24) is 0 Å². The maximum Gasteiger partial charge on any atom is 0.417 e. The molecule has 0 aliphatic carbocycles. The Morgan fingerprint density at radius 2 is 1.65 bits per heavy atom. The number of primary sulfonamides is 1. The summed E-state index contributed by atoms with van der Waals surface area (Å²) >= 11 is 0. The van der Waals surface area contributed by atoms with Gasteiger partial charge in [0.15, 0.2) is 0 Å². The van der Waals surface area contributed by atoms with Crippen molar-refractivity contribution in [1.29, 1.82) is 0 Å². The molecule has 3 rings (SSSR count). The fraction of sp³-hybridized carbons (Fsp3) is 0.0952. The molecule has 0 fully saturated rings. The lowest BCUT2D eigenvalue weighted by atomic mass is 10.0. The Labute approximate surface area is 176 Å². The summed E-state index contributed by atoms with van der Waals surface area (Å²) in [5.74, 6) is -1.18. The number of alkyl halides is 3. The lowest BCUT2D eigenvalue weighted by Crippen LogP contribution is -2.20. The van der Waals surface area contributed by atoms with Crippen LogP contribution >= 0.6 is 0 Å². The number of benzene rings is 3. The van der Waals surface area contributed by atoms with E-state index in [1.807, 2.05) is 6.92 Å². The monoisotopic (exact) mass is 450 g/mol. The first-order valence-electron chi connectivity index (χ1n) is 8.84. The van der Waals surface area contributed by atoms with Crippen molar-refractivity contribution in [2.24, 2.45) is 5.14 Å². The normalized spacial score (nSPS) is 11.8. The molecule has 0 spiro atoms. The molecule has 31 heavy (non-hydrogen) atoms. The van der Waals surface area contributed by atoms with Gasteiger partial charge < -0.3 is 10.1 Å². The molecule has 0 saturated heterocycles. The van der Waals surface area contributed by atoms with Gasteiger partial charge in [-0.05, 0) is 49.4 Å². The maximum absolute atomic E-state index is 13.6. The lowest BCUT2D eigenvalue weighted by molar-refractivity contribution is -0.138. The zero-order valence-electron chi connectivity index (χ0n) is 16.1. The molecule has 162 valence electrons. The summed E-state index contributed by atoms with van der Waals surface area (Å²) in [5.41, 5.74) is -1.06. The van der Waals surface area contributed by atoms with Crippen LogP contribution < -0.4 is 15.2 Å². The van der Waals surface area contributed by atoms with Crippen LogP contribution in [-0.2, 0) is 16.2 Å². The second kappa shape index (κ2) is 8.40. The van der Waals surface area contributed by atoms with Crippen molar-refractivity contribution in [2.45, 2.75) is 18.0 Å². The first kappa shape index (κ1) is 22.3. The first-order chi connectivity index (χ1) is 14.4. The molecule has 0 aliphatic heterocycles. The Morgan fingerprint density at radius 3 is 2.26 bits per heavy atom. The average Bonchev–Trinajstić information content (AvgIpc) is 2.68. The number of nitrogens with one attached hydrogen (secondary N) is 1. The number of nitrogens with two attached hydrogens (primary N) is 1. The Morgan fingerprint density at radius 1 is 1.00 bits per heavy atom. The van der Waals surface area contributed by atoms with Gasteiger partial charge in [0.1, 0.15) is 11.5 Å². The molecule has 0 aromatic heterocycles. The summed E-state index contributed by atoms with van der Waals surface area (Å²) < 4.78 is 69.4. The van der Waals surface area contributed by atoms with E-state index in [-0.39, 0.29) is 22.1 Å². The minimum absolute atomic E-state index is 0.0465. The highest BCUT2D eigenvalue weighted by Crippen LogP contribution is 2.38. The van der Waals surface area contributed by atoms with Gasteiger partial charge in [-0.2, -0.15) is 13.2 Å². The van der Waals surface area contributed by atoms with E-state index >= 15 is 0 Å². The van der Waals surface area contributed by atoms with Crippen molar-refractivity contribution in [3.63, 3.8) is 0 Å². The molecule has 0 radical (unpaired) electrons. The zero-order valence-corrected chi connectivity index (χ0v) is 16.9. The quantitative estimate of drug-likeness (QED) is 0.588. The Hall–Kier alpha value is -3.37. The van der Waals surface area contributed by atoms with E-state index < -0.39 is 33.2 Å². The molecular weight excluding hydrogens is 433 g/mol. The SMILES string of the molecule is Cc1ccc(Oc2cccc(C(F)(F)F)c2C(=O)Nc2cccc(S(N)(=O)=O)c2)cc1. The molecule has 0 atom stereocenters. The van der Waals surface area contributed by atoms with Crippen LogP contribution in [0.25, 0.3) is 0 Å². The van der Waals surface area contributed by atoms with Gasteiger partial charge in [0.05, 0.1) is 16.0 Å². The second-order valence-electron chi connectivity index (χ2n) is 6.62. The summed E-state index contributed by atoms with van der Waals surface area (Å²) in [6, 6.07) is 14.5. The van der Waals surface area contributed by atoms with Gasteiger partial charge in [0.25, 0.3) is 5.91 Å². The van der Waals surface area contributed by atoms with Crippen LogP contribution in [0.15, 0.2) is 71.6 Å². The van der Waals surface area contributed by atoms with Crippen molar-refractivity contribution >= 4 is 21.6 Å². The van der Waals surface area contributed by atoms with Crippen LogP contribution in [0.2, 0.25) is 0 Å². The molecule has 6 nitrogen and oxygen atoms in total. The van der Waals surface area contributed by atoms with E-state index in [0.717, 1.165) is 23.8 Å². The van der Waals surface area contributed by atoms with Crippen molar-refractivity contribution in [3.05, 3.63) is 83.4 Å². The smallest absolute Gasteiger partial charge is 0.417 e. The Bertz CT molecular complexity index is 1220. The first-order valence-corrected chi connectivity index (χ1v) is 10.4. The molecule has 0 unspecified atom stereocenters. The van der Waals surface area contributed by atoms with Crippen molar-refractivity contribution < 1.29 is 31.1 Å². The topological polar surface area (TPSA) is 98.5 Å². The van der Waals surface area contributed by atoms with Crippen LogP contribution in [0, 0.1) is 6.92 Å². The molecular formula is C21H17F3N2O4S. The number of anilines is 1. The van der Waals surface area contributed by atoms with Gasteiger partial charge in [-0.3, -0.25) is 4.79 Å². The zero-order chi connectivity index (χ0) is 22.8. The molecule has 10 heteroatoms. The van der Waals surface area contributed by atoms with Crippen LogP contribution in [0.5, 0.6) is 11.5 Å². The van der Waals surface area contributed by atoms with Crippen LogP contribution in [-0.4, -0.2) is 14.3 Å². The number of halogens is 3. The highest BCUT2D eigenvalue weighted by molar-refractivity contribution is 7.89. The van der Waals surface area contributed by atoms with Gasteiger partial charge in [-0.15, -0.1) is 0 Å². The second-order valence-corrected chi connectivity index (χ2v) is 8.18. The lowest BCUT2D eigenvalue weighted by Gasteiger charge is -2.17. The van der Waals surface area contributed by atoms with E-state index in [1.165, 1.54) is 24.3 Å². The summed E-state index contributed by atoms with van der Waals surface area (Å²) in [6.07, 6.45) is -4.83. The highest BCUT2D eigenvalue weighted by Gasteiger charge is 2.37. The van der Waals surface area contributed by atoms with E-state index in [9.17, 15) is 26.4 Å². The number of sulfonamides is 1. The van der Waals surface area contributed by atoms with Gasteiger partial charge >= 0.3 is 6.18 Å². The maximum atomic E-state index is 13.6. The van der Waals surface area contributed by atoms with Gasteiger partial charge in [0, 0.05) is 5.69 Å². The third kappa shape index (κ3) is 5.41. The molecule has 3 aromatic rings. The van der Waals surface area contributed by atoms with E-state index in [0.29, 0.717) is 0 Å². The number of carbonyl (C=O) groups excluding carboxylic acids is 1. The van der Waals surface area contributed by atoms with E-state index in [4.69, 9.17) is 9.88 Å². The molecule has 0 heterocycles.